The molecule has 2 aliphatic heterocycles. The van der Waals surface area contributed by atoms with Gasteiger partial charge in [-0.3, -0.25) is 5.10 Å². The molecule has 1 aromatic heterocycles. The van der Waals surface area contributed by atoms with Crippen LogP contribution in [-0.2, 0) is 10.3 Å². The second kappa shape index (κ2) is 6.41. The number of fused-ring (bicyclic) bond motifs is 4. The van der Waals surface area contributed by atoms with Gasteiger partial charge in [-0.2, -0.15) is 5.10 Å². The Labute approximate surface area is 153 Å². The van der Waals surface area contributed by atoms with Gasteiger partial charge in [-0.1, -0.05) is 31.4 Å². The average Bonchev–Trinajstić information content (AvgIpc) is 3.18. The van der Waals surface area contributed by atoms with Gasteiger partial charge in [0.15, 0.2) is 5.88 Å². The zero-order chi connectivity index (χ0) is 18.1. The van der Waals surface area contributed by atoms with Crippen LogP contribution in [0.3, 0.4) is 0 Å². The van der Waals surface area contributed by atoms with E-state index in [0.29, 0.717) is 12.5 Å². The van der Waals surface area contributed by atoms with Gasteiger partial charge in [0.05, 0.1) is 11.9 Å². The molecule has 0 bridgehead atoms. The van der Waals surface area contributed by atoms with E-state index in [1.54, 1.807) is 6.08 Å². The number of likely N-dealkylation sites (tertiary alicyclic amines) is 1. The Hall–Kier alpha value is -2.95. The highest BCUT2D eigenvalue weighted by atomic mass is 16.5. The lowest BCUT2D eigenvalue weighted by molar-refractivity contribution is -0.0127. The predicted molar refractivity (Wildman–Crippen MR) is 102 cm³/mol. The van der Waals surface area contributed by atoms with Crippen molar-refractivity contribution in [3.05, 3.63) is 73.3 Å². The van der Waals surface area contributed by atoms with Gasteiger partial charge in [-0.05, 0) is 24.3 Å². The number of piperidine rings is 1. The molecule has 134 valence electrons. The molecule has 5 heteroatoms. The van der Waals surface area contributed by atoms with E-state index in [1.807, 2.05) is 24.4 Å². The first kappa shape index (κ1) is 16.5. The van der Waals surface area contributed by atoms with Gasteiger partial charge in [0, 0.05) is 37.1 Å². The summed E-state index contributed by atoms with van der Waals surface area (Å²) in [6.07, 6.45) is 5.30. The summed E-state index contributed by atoms with van der Waals surface area (Å²) < 4.78 is 12.2. The topological polar surface area (TPSA) is 50.4 Å². The number of nitrogens with zero attached hydrogens (tertiary/aromatic N) is 2. The molecule has 4 rings (SSSR count). The molecule has 0 unspecified atom stereocenters. The van der Waals surface area contributed by atoms with Gasteiger partial charge in [0.2, 0.25) is 0 Å². The van der Waals surface area contributed by atoms with Gasteiger partial charge < -0.3 is 14.4 Å². The molecular formula is C21H23N3O2. The minimum Gasteiger partial charge on any atom is -0.482 e. The first-order valence-corrected chi connectivity index (χ1v) is 8.82. The summed E-state index contributed by atoms with van der Waals surface area (Å²) in [5, 5.41) is 7.44. The lowest BCUT2D eigenvalue weighted by atomic mass is 9.81. The fourth-order valence-electron chi connectivity index (χ4n) is 3.68. The van der Waals surface area contributed by atoms with Crippen LogP contribution < -0.4 is 4.74 Å². The molecule has 0 amide bonds. The van der Waals surface area contributed by atoms with Gasteiger partial charge in [0.25, 0.3) is 0 Å². The number of benzene rings is 1. The van der Waals surface area contributed by atoms with Crippen molar-refractivity contribution >= 4 is 0 Å². The average molecular weight is 349 g/mol. The third-order valence-corrected chi connectivity index (χ3v) is 5.23. The van der Waals surface area contributed by atoms with Crippen molar-refractivity contribution in [2.45, 2.75) is 18.4 Å². The van der Waals surface area contributed by atoms with E-state index in [1.165, 1.54) is 0 Å². The molecule has 2 aliphatic rings. The normalized spacial score (nSPS) is 17.0. The Balaban J connectivity index is 1.50. The number of nitrogens with one attached hydrogen (secondary N) is 1. The number of rotatable bonds is 5. The summed E-state index contributed by atoms with van der Waals surface area (Å²) in [6.45, 7) is 13.7. The largest absolute Gasteiger partial charge is 0.482 e. The lowest BCUT2D eigenvalue weighted by Gasteiger charge is -2.44. The highest BCUT2D eigenvalue weighted by molar-refractivity contribution is 5.73. The number of H-pyrrole nitrogens is 1. The predicted octanol–water partition coefficient (Wildman–Crippen LogP) is 3.99. The second-order valence-electron chi connectivity index (χ2n) is 6.78. The second-order valence-corrected chi connectivity index (χ2v) is 6.78. The smallest absolute Gasteiger partial charge is 0.182 e. The Morgan fingerprint density at radius 3 is 2.85 bits per heavy atom. The van der Waals surface area contributed by atoms with Crippen LogP contribution in [0.25, 0.3) is 11.3 Å². The molecule has 2 aromatic rings. The number of hydrogen-bond donors (Lipinski definition) is 1. The molecule has 3 heterocycles. The van der Waals surface area contributed by atoms with Crippen molar-refractivity contribution in [3.63, 3.8) is 0 Å². The van der Waals surface area contributed by atoms with Crippen molar-refractivity contribution in [1.29, 1.82) is 0 Å². The van der Waals surface area contributed by atoms with Gasteiger partial charge in [-0.15, -0.1) is 0 Å². The fourth-order valence-corrected chi connectivity index (χ4v) is 3.68. The third-order valence-electron chi connectivity index (χ3n) is 5.23. The summed E-state index contributed by atoms with van der Waals surface area (Å²) >= 11 is 0. The Kier molecular flexibility index (Phi) is 4.07. The van der Waals surface area contributed by atoms with Crippen molar-refractivity contribution in [3.8, 4) is 17.0 Å². The first-order valence-electron chi connectivity index (χ1n) is 8.82. The standard InChI is InChI=1S/C21H23N3O2/c1-4-15(2)14-25-16(3)24-11-9-21(10-12-24)18-13-22-23-20(18)17-7-5-6-8-19(17)26-21/h4-8,13H,1-3,9-12,14H2,(H,22,23). The number of ether oxygens (including phenoxy) is 2. The first-order chi connectivity index (χ1) is 12.6. The van der Waals surface area contributed by atoms with Crippen molar-refractivity contribution in [1.82, 2.24) is 15.1 Å². The molecule has 26 heavy (non-hydrogen) atoms. The molecule has 1 spiro atoms. The van der Waals surface area contributed by atoms with Crippen LogP contribution in [0.2, 0.25) is 0 Å². The van der Waals surface area contributed by atoms with E-state index >= 15 is 0 Å². The van der Waals surface area contributed by atoms with Crippen LogP contribution in [-0.4, -0.2) is 34.8 Å². The summed E-state index contributed by atoms with van der Waals surface area (Å²) in [5.74, 6) is 1.58. The Bertz CT molecular complexity index is 860. The van der Waals surface area contributed by atoms with Crippen molar-refractivity contribution in [2.75, 3.05) is 19.7 Å². The van der Waals surface area contributed by atoms with Crippen LogP contribution in [0.1, 0.15) is 18.4 Å². The van der Waals surface area contributed by atoms with Crippen LogP contribution in [0, 0.1) is 0 Å². The Morgan fingerprint density at radius 1 is 1.31 bits per heavy atom. The van der Waals surface area contributed by atoms with Crippen molar-refractivity contribution < 1.29 is 9.47 Å². The quantitative estimate of drug-likeness (QED) is 0.655. The fraction of sp³-hybridized carbons (Fsp3) is 0.286. The summed E-state index contributed by atoms with van der Waals surface area (Å²) in [5.41, 5.74) is 3.77. The zero-order valence-corrected chi connectivity index (χ0v) is 14.8. The maximum absolute atomic E-state index is 6.50. The zero-order valence-electron chi connectivity index (χ0n) is 14.8. The molecule has 5 nitrogen and oxygen atoms in total. The molecule has 0 radical (unpaired) electrons. The number of aromatic nitrogens is 2. The van der Waals surface area contributed by atoms with Crippen LogP contribution in [0.15, 0.2) is 67.7 Å². The third kappa shape index (κ3) is 2.69. The minimum atomic E-state index is -0.349. The van der Waals surface area contributed by atoms with Crippen LogP contribution in [0.5, 0.6) is 5.75 Å². The summed E-state index contributed by atoms with van der Waals surface area (Å²) in [4.78, 5) is 2.16. The molecule has 0 saturated carbocycles. The van der Waals surface area contributed by atoms with E-state index in [0.717, 1.165) is 54.1 Å². The van der Waals surface area contributed by atoms with E-state index in [2.05, 4.69) is 40.9 Å². The number of para-hydroxylation sites is 1. The van der Waals surface area contributed by atoms with E-state index in [4.69, 9.17) is 9.47 Å². The number of aromatic amines is 1. The minimum absolute atomic E-state index is 0.349. The van der Waals surface area contributed by atoms with Gasteiger partial charge in [-0.25, -0.2) is 0 Å². The summed E-state index contributed by atoms with van der Waals surface area (Å²) in [7, 11) is 0. The lowest BCUT2D eigenvalue weighted by Crippen LogP contribution is -2.47. The molecule has 0 aliphatic carbocycles. The summed E-state index contributed by atoms with van der Waals surface area (Å²) in [6, 6.07) is 8.11. The van der Waals surface area contributed by atoms with Gasteiger partial charge >= 0.3 is 0 Å². The molecular weight excluding hydrogens is 326 g/mol. The number of hydrogen-bond acceptors (Lipinski definition) is 4. The maximum Gasteiger partial charge on any atom is 0.182 e. The van der Waals surface area contributed by atoms with Crippen LogP contribution in [0.4, 0.5) is 0 Å². The molecule has 0 atom stereocenters. The molecule has 1 aromatic carbocycles. The molecule has 1 saturated heterocycles. The Morgan fingerprint density at radius 2 is 2.08 bits per heavy atom. The highest BCUT2D eigenvalue weighted by Crippen LogP contribution is 2.48. The monoisotopic (exact) mass is 349 g/mol. The molecule has 1 fully saturated rings. The van der Waals surface area contributed by atoms with E-state index in [9.17, 15) is 0 Å². The highest BCUT2D eigenvalue weighted by Gasteiger charge is 2.44. The SMILES string of the molecule is C=CC(=C)COC(=C)N1CCC2(CC1)Oc1ccccc1-c1[nH]ncc12. The van der Waals surface area contributed by atoms with Crippen LogP contribution >= 0.6 is 0 Å². The van der Waals surface area contributed by atoms with E-state index < -0.39 is 0 Å². The maximum atomic E-state index is 6.50. The van der Waals surface area contributed by atoms with Crippen molar-refractivity contribution in [2.24, 2.45) is 0 Å². The van der Waals surface area contributed by atoms with Gasteiger partial charge in [0.1, 0.15) is 18.0 Å². The molecule has 1 N–H and O–H groups in total. The van der Waals surface area contributed by atoms with E-state index in [-0.39, 0.29) is 5.60 Å².